The number of benzene rings is 2. The summed E-state index contributed by atoms with van der Waals surface area (Å²) in [6, 6.07) is 13.0. The number of aromatic nitrogens is 2. The van der Waals surface area contributed by atoms with Gasteiger partial charge in [-0.3, -0.25) is 24.0 Å². The number of rotatable bonds is 21. The van der Waals surface area contributed by atoms with Gasteiger partial charge in [-0.25, -0.2) is 14.6 Å². The van der Waals surface area contributed by atoms with Crippen LogP contribution >= 0.6 is 0 Å². The minimum Gasteiger partial charge on any atom is -0.462 e. The molecule has 5 atom stereocenters. The Kier molecular flexibility index (Phi) is 19.1. The highest BCUT2D eigenvalue weighted by Gasteiger charge is 2.39. The number of carbonyl (C=O) groups is 7. The molecule has 66 heavy (non-hydrogen) atoms. The highest BCUT2D eigenvalue weighted by Crippen LogP contribution is 2.22. The highest BCUT2D eigenvalue weighted by atomic mass is 16.6. The Morgan fingerprint density at radius 1 is 0.758 bits per heavy atom. The summed E-state index contributed by atoms with van der Waals surface area (Å²) < 4.78 is 24.0. The number of amides is 5. The third-order valence-electron chi connectivity index (χ3n) is 11.1. The topological polar surface area (TPSA) is 226 Å². The van der Waals surface area contributed by atoms with Gasteiger partial charge in [0, 0.05) is 25.6 Å². The minimum absolute atomic E-state index is 0.00762. The van der Waals surface area contributed by atoms with Crippen molar-refractivity contribution in [3.63, 3.8) is 0 Å². The van der Waals surface area contributed by atoms with Crippen LogP contribution in [0.2, 0.25) is 0 Å². The van der Waals surface area contributed by atoms with Crippen LogP contribution < -0.4 is 21.3 Å². The molecule has 1 aliphatic carbocycles. The first-order valence-corrected chi connectivity index (χ1v) is 22.8. The van der Waals surface area contributed by atoms with E-state index in [0.29, 0.717) is 18.7 Å². The van der Waals surface area contributed by atoms with E-state index < -0.39 is 77.5 Å². The average molecular weight is 916 g/mol. The summed E-state index contributed by atoms with van der Waals surface area (Å²) in [5.74, 6) is -3.86. The van der Waals surface area contributed by atoms with E-state index in [4.69, 9.17) is 18.9 Å². The van der Waals surface area contributed by atoms with Gasteiger partial charge in [-0.1, -0.05) is 67.1 Å². The van der Waals surface area contributed by atoms with E-state index in [9.17, 15) is 33.6 Å². The number of likely N-dealkylation sites (tertiary alicyclic amines) is 1. The number of hydrogen-bond acceptors (Lipinski definition) is 12. The lowest BCUT2D eigenvalue weighted by Crippen LogP contribution is -2.58. The molecule has 18 heteroatoms. The first-order valence-electron chi connectivity index (χ1n) is 22.8. The van der Waals surface area contributed by atoms with Crippen LogP contribution in [0.1, 0.15) is 109 Å². The van der Waals surface area contributed by atoms with Crippen molar-refractivity contribution < 1.29 is 52.5 Å². The van der Waals surface area contributed by atoms with Gasteiger partial charge >= 0.3 is 18.0 Å². The molecule has 2 fully saturated rings. The van der Waals surface area contributed by atoms with E-state index in [1.54, 1.807) is 62.1 Å². The Labute approximate surface area is 386 Å². The average Bonchev–Trinajstić information content (AvgIpc) is 3.97. The van der Waals surface area contributed by atoms with Crippen molar-refractivity contribution in [3.8, 4) is 0 Å². The third-order valence-corrected chi connectivity index (χ3v) is 11.1. The molecule has 2 heterocycles. The monoisotopic (exact) mass is 915 g/mol. The number of carbonyl (C=O) groups excluding carboxylic acids is 7. The summed E-state index contributed by atoms with van der Waals surface area (Å²) in [6.45, 7) is 8.75. The van der Waals surface area contributed by atoms with E-state index in [1.165, 1.54) is 18.7 Å². The normalized spacial score (nSPS) is 17.0. The molecular weight excluding hydrogens is 851 g/mol. The van der Waals surface area contributed by atoms with Crippen LogP contribution in [0.5, 0.6) is 0 Å². The molecule has 0 radical (unpaired) electrons. The van der Waals surface area contributed by atoms with Crippen LogP contribution in [-0.4, -0.2) is 105 Å². The summed E-state index contributed by atoms with van der Waals surface area (Å²) in [5, 5.41) is 10.6. The molecule has 1 aromatic heterocycles. The molecule has 5 rings (SSSR count). The van der Waals surface area contributed by atoms with Gasteiger partial charge < -0.3 is 49.7 Å². The van der Waals surface area contributed by atoms with Gasteiger partial charge in [0.05, 0.1) is 18.6 Å². The number of nitrogens with zero attached hydrogens (tertiary/aromatic N) is 3. The van der Waals surface area contributed by atoms with Crippen molar-refractivity contribution in [3.05, 3.63) is 90.0 Å². The van der Waals surface area contributed by atoms with Crippen LogP contribution in [0, 0.1) is 0 Å². The van der Waals surface area contributed by atoms with E-state index in [0.717, 1.165) is 43.2 Å². The maximum atomic E-state index is 14.3. The van der Waals surface area contributed by atoms with E-state index in [-0.39, 0.29) is 51.7 Å². The lowest BCUT2D eigenvalue weighted by Gasteiger charge is -2.30. The zero-order valence-corrected chi connectivity index (χ0v) is 38.6. The van der Waals surface area contributed by atoms with Gasteiger partial charge in [-0.05, 0) is 90.7 Å². The van der Waals surface area contributed by atoms with Gasteiger partial charge in [0.1, 0.15) is 55.3 Å². The maximum absolute atomic E-state index is 14.3. The van der Waals surface area contributed by atoms with E-state index >= 15 is 0 Å². The van der Waals surface area contributed by atoms with Gasteiger partial charge in [-0.2, -0.15) is 0 Å². The van der Waals surface area contributed by atoms with Gasteiger partial charge in [0.2, 0.25) is 23.6 Å². The molecule has 358 valence electrons. The number of ether oxygens (including phenoxy) is 4. The number of nitrogens with one attached hydrogen (secondary N) is 4. The molecule has 5 amide bonds. The SMILES string of the molecule is C[C@@H](NC(=O)[C@@H]1CCCN1C(=O)[C@@H](Cc1cn(COCc2ccccc2)cn1)NC(=O)OC(C)(C)C)C(=O)N[C@@H](CCC(=O)OC1CCCCC1)C(=O)N[C@H](C)C(=O)OCc1ccccc1. The molecular formula is C48H65N7O11. The lowest BCUT2D eigenvalue weighted by atomic mass is 9.98. The quantitative estimate of drug-likeness (QED) is 0.0864. The Morgan fingerprint density at radius 2 is 1.42 bits per heavy atom. The number of imidazole rings is 1. The predicted molar refractivity (Wildman–Crippen MR) is 241 cm³/mol. The van der Waals surface area contributed by atoms with Gasteiger partial charge in [-0.15, -0.1) is 0 Å². The molecule has 2 aromatic carbocycles. The van der Waals surface area contributed by atoms with Crippen LogP contribution in [0.4, 0.5) is 4.79 Å². The Bertz CT molecular complexity index is 2090. The van der Waals surface area contributed by atoms with Crippen LogP contribution in [0.3, 0.4) is 0 Å². The second kappa shape index (κ2) is 24.8. The zero-order chi connectivity index (χ0) is 47.6. The van der Waals surface area contributed by atoms with Crippen molar-refractivity contribution >= 4 is 41.7 Å². The molecule has 0 unspecified atom stereocenters. The Balaban J connectivity index is 1.21. The molecule has 2 aliphatic rings. The van der Waals surface area contributed by atoms with Crippen LogP contribution in [-0.2, 0) is 74.1 Å². The molecule has 0 spiro atoms. The van der Waals surface area contributed by atoms with Crippen molar-refractivity contribution in [2.24, 2.45) is 0 Å². The summed E-state index contributed by atoms with van der Waals surface area (Å²) >= 11 is 0. The first kappa shape index (κ1) is 50.7. The number of esters is 2. The van der Waals surface area contributed by atoms with E-state index in [2.05, 4.69) is 26.3 Å². The summed E-state index contributed by atoms with van der Waals surface area (Å²) in [7, 11) is 0. The van der Waals surface area contributed by atoms with Gasteiger partial charge in [0.15, 0.2) is 0 Å². The maximum Gasteiger partial charge on any atom is 0.408 e. The van der Waals surface area contributed by atoms with E-state index in [1.807, 2.05) is 36.4 Å². The third kappa shape index (κ3) is 16.6. The van der Waals surface area contributed by atoms with Gasteiger partial charge in [0.25, 0.3) is 0 Å². The number of hydrogen-bond donors (Lipinski definition) is 4. The largest absolute Gasteiger partial charge is 0.462 e. The van der Waals surface area contributed by atoms with Crippen molar-refractivity contribution in [1.29, 1.82) is 0 Å². The molecule has 18 nitrogen and oxygen atoms in total. The summed E-state index contributed by atoms with van der Waals surface area (Å²) in [4.78, 5) is 100.0. The first-order chi connectivity index (χ1) is 31.5. The standard InChI is InChI=1S/C48H65N7O11/c1-32(42(57)52-38(23-24-41(56)65-37-20-13-8-14-21-37)43(58)51-33(2)46(61)64-29-35-18-11-7-12-19-35)50-44(59)40-22-15-25-55(40)45(60)39(53-47(62)66-48(3,4)5)26-36-27-54(30-49-36)31-63-28-34-16-9-6-10-17-34/h6-7,9-12,16-19,27,30,32-33,37-40H,8,13-15,20-26,28-29,31H2,1-5H3,(H,50,59)(H,51,58)(H,52,57)(H,53,62)/t32-,33-,38+,39-,40+/m1/s1. The van der Waals surface area contributed by atoms with Crippen molar-refractivity contribution in [1.82, 2.24) is 35.7 Å². The molecule has 4 N–H and O–H groups in total. The fourth-order valence-corrected chi connectivity index (χ4v) is 7.65. The van der Waals surface area contributed by atoms with Crippen molar-refractivity contribution in [2.75, 3.05) is 6.54 Å². The van der Waals surface area contributed by atoms with Crippen LogP contribution in [0.25, 0.3) is 0 Å². The molecule has 3 aromatic rings. The minimum atomic E-state index is -1.29. The highest BCUT2D eigenvalue weighted by molar-refractivity contribution is 5.96. The summed E-state index contributed by atoms with van der Waals surface area (Å²) in [6.07, 6.45) is 7.14. The molecule has 1 aliphatic heterocycles. The Hall–Kier alpha value is -6.30. The summed E-state index contributed by atoms with van der Waals surface area (Å²) in [5.41, 5.74) is 1.39. The zero-order valence-electron chi connectivity index (χ0n) is 38.6. The molecule has 0 bridgehead atoms. The fraction of sp³-hybridized carbons (Fsp3) is 0.542. The van der Waals surface area contributed by atoms with Crippen LogP contribution in [0.15, 0.2) is 73.2 Å². The molecule has 1 saturated carbocycles. The predicted octanol–water partition coefficient (Wildman–Crippen LogP) is 4.38. The molecule has 1 saturated heterocycles. The second-order valence-electron chi connectivity index (χ2n) is 17.8. The smallest absolute Gasteiger partial charge is 0.408 e. The van der Waals surface area contributed by atoms with Crippen molar-refractivity contribution in [2.45, 2.75) is 161 Å². The number of alkyl carbamates (subject to hydrolysis) is 1. The fourth-order valence-electron chi connectivity index (χ4n) is 7.65. The Morgan fingerprint density at radius 3 is 2.09 bits per heavy atom. The second-order valence-corrected chi connectivity index (χ2v) is 17.8. The lowest BCUT2D eigenvalue weighted by molar-refractivity contribution is -0.151.